The molecule has 3 aromatic carbocycles. The van der Waals surface area contributed by atoms with Crippen molar-refractivity contribution in [3.63, 3.8) is 0 Å². The highest BCUT2D eigenvalue weighted by molar-refractivity contribution is 5.88. The zero-order valence-corrected chi connectivity index (χ0v) is 21.7. The van der Waals surface area contributed by atoms with Gasteiger partial charge in [0, 0.05) is 17.1 Å². The zero-order valence-electron chi connectivity index (χ0n) is 21.7. The SMILES string of the molecule is CCOC(=O)C(CC(=O)OC(C)(C)C)Cc1c[nH]c2cc(-c3ccc(Oc4ccccc4)cc3)ccc12. The molecular weight excluding hydrogens is 466 g/mol. The molecule has 0 aliphatic rings. The number of rotatable bonds is 9. The van der Waals surface area contributed by atoms with Crippen LogP contribution in [0.5, 0.6) is 11.5 Å². The van der Waals surface area contributed by atoms with Crippen molar-refractivity contribution < 1.29 is 23.8 Å². The van der Waals surface area contributed by atoms with E-state index in [2.05, 4.69) is 17.1 Å². The molecule has 4 aromatic rings. The predicted molar refractivity (Wildman–Crippen MR) is 145 cm³/mol. The third-order valence-corrected chi connectivity index (χ3v) is 5.85. The molecule has 4 rings (SSSR count). The van der Waals surface area contributed by atoms with Crippen molar-refractivity contribution in [2.24, 2.45) is 5.92 Å². The second-order valence-electron chi connectivity index (χ2n) is 9.96. The Morgan fingerprint density at radius 3 is 2.24 bits per heavy atom. The number of para-hydroxylation sites is 1. The summed E-state index contributed by atoms with van der Waals surface area (Å²) in [5.74, 6) is 0.145. The number of ether oxygens (including phenoxy) is 3. The molecule has 6 heteroatoms. The minimum absolute atomic E-state index is 0.0295. The number of aromatic nitrogens is 1. The number of nitrogens with one attached hydrogen (secondary N) is 1. The molecule has 1 N–H and O–H groups in total. The monoisotopic (exact) mass is 499 g/mol. The van der Waals surface area contributed by atoms with Crippen LogP contribution in [0.2, 0.25) is 0 Å². The van der Waals surface area contributed by atoms with Gasteiger partial charge in [-0.05, 0) is 81.1 Å². The van der Waals surface area contributed by atoms with Crippen LogP contribution in [0.3, 0.4) is 0 Å². The number of benzene rings is 3. The average molecular weight is 500 g/mol. The van der Waals surface area contributed by atoms with Gasteiger partial charge < -0.3 is 19.2 Å². The quantitative estimate of drug-likeness (QED) is 0.249. The van der Waals surface area contributed by atoms with Crippen molar-refractivity contribution in [3.8, 4) is 22.6 Å². The number of hydrogen-bond acceptors (Lipinski definition) is 5. The van der Waals surface area contributed by atoms with Gasteiger partial charge in [-0.3, -0.25) is 9.59 Å². The highest BCUT2D eigenvalue weighted by Gasteiger charge is 2.27. The van der Waals surface area contributed by atoms with E-state index in [4.69, 9.17) is 14.2 Å². The highest BCUT2D eigenvalue weighted by atomic mass is 16.6. The maximum absolute atomic E-state index is 12.6. The lowest BCUT2D eigenvalue weighted by Gasteiger charge is -2.21. The van der Waals surface area contributed by atoms with Crippen LogP contribution < -0.4 is 4.74 Å². The molecule has 0 amide bonds. The number of aromatic amines is 1. The largest absolute Gasteiger partial charge is 0.466 e. The first-order valence-electron chi connectivity index (χ1n) is 12.5. The minimum Gasteiger partial charge on any atom is -0.466 e. The van der Waals surface area contributed by atoms with E-state index < -0.39 is 23.5 Å². The lowest BCUT2D eigenvalue weighted by molar-refractivity contribution is -0.161. The number of hydrogen-bond donors (Lipinski definition) is 1. The Balaban J connectivity index is 1.50. The van der Waals surface area contributed by atoms with Crippen LogP contribution in [0.4, 0.5) is 0 Å². The van der Waals surface area contributed by atoms with Gasteiger partial charge >= 0.3 is 11.9 Å². The van der Waals surface area contributed by atoms with Gasteiger partial charge in [-0.15, -0.1) is 0 Å². The highest BCUT2D eigenvalue weighted by Crippen LogP contribution is 2.30. The van der Waals surface area contributed by atoms with Crippen LogP contribution in [0.1, 0.15) is 39.7 Å². The Morgan fingerprint density at radius 1 is 0.892 bits per heavy atom. The van der Waals surface area contributed by atoms with Crippen LogP contribution in [0.25, 0.3) is 22.0 Å². The molecule has 6 nitrogen and oxygen atoms in total. The fourth-order valence-electron chi connectivity index (χ4n) is 4.22. The van der Waals surface area contributed by atoms with Gasteiger partial charge in [0.05, 0.1) is 18.9 Å². The first kappa shape index (κ1) is 26.0. The normalized spacial score (nSPS) is 12.2. The number of esters is 2. The van der Waals surface area contributed by atoms with E-state index >= 15 is 0 Å². The molecule has 0 saturated heterocycles. The second-order valence-corrected chi connectivity index (χ2v) is 9.96. The third kappa shape index (κ3) is 7.00. The van der Waals surface area contributed by atoms with E-state index in [0.717, 1.165) is 39.1 Å². The maximum Gasteiger partial charge on any atom is 0.309 e. The summed E-state index contributed by atoms with van der Waals surface area (Å²) < 4.78 is 16.6. The van der Waals surface area contributed by atoms with Crippen LogP contribution in [-0.4, -0.2) is 29.1 Å². The van der Waals surface area contributed by atoms with Gasteiger partial charge in [-0.25, -0.2) is 0 Å². The number of H-pyrrole nitrogens is 1. The molecule has 0 aliphatic heterocycles. The Labute approximate surface area is 217 Å². The number of fused-ring (bicyclic) bond motifs is 1. The van der Waals surface area contributed by atoms with E-state index in [9.17, 15) is 9.59 Å². The molecule has 1 atom stereocenters. The lowest BCUT2D eigenvalue weighted by Crippen LogP contribution is -2.29. The van der Waals surface area contributed by atoms with Gasteiger partial charge in [0.2, 0.25) is 0 Å². The molecule has 0 aliphatic carbocycles. The van der Waals surface area contributed by atoms with Crippen molar-refractivity contribution in [1.82, 2.24) is 4.98 Å². The lowest BCUT2D eigenvalue weighted by atomic mass is 9.95. The van der Waals surface area contributed by atoms with Crippen LogP contribution in [-0.2, 0) is 25.5 Å². The topological polar surface area (TPSA) is 77.6 Å². The van der Waals surface area contributed by atoms with Crippen molar-refractivity contribution in [1.29, 1.82) is 0 Å². The summed E-state index contributed by atoms with van der Waals surface area (Å²) in [5.41, 5.74) is 3.42. The van der Waals surface area contributed by atoms with Gasteiger partial charge in [-0.1, -0.05) is 42.5 Å². The molecule has 0 spiro atoms. The van der Waals surface area contributed by atoms with E-state index in [1.807, 2.05) is 87.6 Å². The average Bonchev–Trinajstić information content (AvgIpc) is 3.26. The van der Waals surface area contributed by atoms with Crippen LogP contribution in [0.15, 0.2) is 79.0 Å². The van der Waals surface area contributed by atoms with Crippen molar-refractivity contribution in [2.75, 3.05) is 6.61 Å². The van der Waals surface area contributed by atoms with E-state index in [1.54, 1.807) is 6.92 Å². The Bertz CT molecular complexity index is 1350. The molecule has 1 heterocycles. The molecule has 0 fully saturated rings. The summed E-state index contributed by atoms with van der Waals surface area (Å²) in [6.45, 7) is 7.45. The number of carbonyl (C=O) groups excluding carboxylic acids is 2. The molecule has 1 unspecified atom stereocenters. The van der Waals surface area contributed by atoms with Gasteiger partial charge in [0.15, 0.2) is 0 Å². The predicted octanol–water partition coefficient (Wildman–Crippen LogP) is 7.08. The molecule has 0 saturated carbocycles. The zero-order chi connectivity index (χ0) is 26.4. The van der Waals surface area contributed by atoms with E-state index in [0.29, 0.717) is 6.42 Å². The summed E-state index contributed by atoms with van der Waals surface area (Å²) in [6.07, 6.45) is 2.24. The molecule has 0 bridgehead atoms. The minimum atomic E-state index is -0.620. The van der Waals surface area contributed by atoms with Gasteiger partial charge in [-0.2, -0.15) is 0 Å². The van der Waals surface area contributed by atoms with Gasteiger partial charge in [0.1, 0.15) is 17.1 Å². The number of carbonyl (C=O) groups is 2. The maximum atomic E-state index is 12.6. The smallest absolute Gasteiger partial charge is 0.309 e. The molecule has 1 aromatic heterocycles. The molecule has 37 heavy (non-hydrogen) atoms. The first-order valence-corrected chi connectivity index (χ1v) is 12.5. The summed E-state index contributed by atoms with van der Waals surface area (Å²) in [7, 11) is 0. The summed E-state index contributed by atoms with van der Waals surface area (Å²) >= 11 is 0. The summed E-state index contributed by atoms with van der Waals surface area (Å²) in [4.78, 5) is 28.4. The standard InChI is InChI=1S/C31H33NO5/c1-5-35-30(34)23(19-29(33)37-31(2,3)4)17-24-20-32-28-18-22(13-16-27(24)28)21-11-14-26(15-12-21)36-25-9-7-6-8-10-25/h6-16,18,20,23,32H,5,17,19H2,1-4H3. The Morgan fingerprint density at radius 2 is 1.57 bits per heavy atom. The second kappa shape index (κ2) is 11.3. The molecule has 192 valence electrons. The summed E-state index contributed by atoms with van der Waals surface area (Å²) in [5, 5.41) is 1.01. The van der Waals surface area contributed by atoms with Crippen molar-refractivity contribution >= 4 is 22.8 Å². The Kier molecular flexibility index (Phi) is 7.97. The fourth-order valence-corrected chi connectivity index (χ4v) is 4.22. The molecular formula is C31H33NO5. The van der Waals surface area contributed by atoms with E-state index in [1.165, 1.54) is 0 Å². The summed E-state index contributed by atoms with van der Waals surface area (Å²) in [6, 6.07) is 23.8. The third-order valence-electron chi connectivity index (χ3n) is 5.85. The van der Waals surface area contributed by atoms with Gasteiger partial charge in [0.25, 0.3) is 0 Å². The first-order chi connectivity index (χ1) is 17.7. The fraction of sp³-hybridized carbons (Fsp3) is 0.290. The van der Waals surface area contributed by atoms with E-state index in [-0.39, 0.29) is 13.0 Å². The van der Waals surface area contributed by atoms with Crippen molar-refractivity contribution in [2.45, 2.75) is 46.1 Å². The van der Waals surface area contributed by atoms with Crippen molar-refractivity contribution in [3.05, 3.63) is 84.6 Å². The molecule has 0 radical (unpaired) electrons. The van der Waals surface area contributed by atoms with Crippen LogP contribution >= 0.6 is 0 Å². The Hall–Kier alpha value is -4.06. The van der Waals surface area contributed by atoms with Crippen LogP contribution in [0, 0.1) is 5.92 Å².